The van der Waals surface area contributed by atoms with Gasteiger partial charge in [-0.2, -0.15) is 0 Å². The zero-order valence-corrected chi connectivity index (χ0v) is 11.7. The molecule has 18 heavy (non-hydrogen) atoms. The van der Waals surface area contributed by atoms with Crippen LogP contribution in [0.3, 0.4) is 0 Å². The molecule has 1 unspecified atom stereocenters. The average molecular weight is 257 g/mol. The lowest BCUT2D eigenvalue weighted by Gasteiger charge is -2.22. The normalized spacial score (nSPS) is 18.6. The zero-order valence-electron chi connectivity index (χ0n) is 11.7. The molecule has 106 valence electrons. The first-order valence-electron chi connectivity index (χ1n) is 7.23. The van der Waals surface area contributed by atoms with Crippen LogP contribution in [-0.4, -0.2) is 38.4 Å². The molecular formula is C14H27NO3. The molecule has 1 aliphatic carbocycles. The molecule has 1 rings (SSSR count). The predicted molar refractivity (Wildman–Crippen MR) is 71.5 cm³/mol. The van der Waals surface area contributed by atoms with Crippen LogP contribution in [0.1, 0.15) is 46.0 Å². The molecule has 0 heterocycles. The van der Waals surface area contributed by atoms with Crippen LogP contribution in [0.5, 0.6) is 0 Å². The molecule has 0 aromatic heterocycles. The lowest BCUT2D eigenvalue weighted by molar-refractivity contribution is -0.147. The fourth-order valence-electron chi connectivity index (χ4n) is 2.22. The van der Waals surface area contributed by atoms with Gasteiger partial charge in [0.25, 0.3) is 0 Å². The lowest BCUT2D eigenvalue weighted by Crippen LogP contribution is -2.31. The Labute approximate surface area is 110 Å². The van der Waals surface area contributed by atoms with E-state index in [-0.39, 0.29) is 11.9 Å². The molecular weight excluding hydrogens is 230 g/mol. The van der Waals surface area contributed by atoms with Crippen LogP contribution in [0.25, 0.3) is 0 Å². The number of hydrogen-bond donors (Lipinski definition) is 1. The van der Waals surface area contributed by atoms with Crippen molar-refractivity contribution < 1.29 is 14.3 Å². The molecule has 0 aromatic rings. The van der Waals surface area contributed by atoms with Gasteiger partial charge in [-0.1, -0.05) is 26.2 Å². The lowest BCUT2D eigenvalue weighted by atomic mass is 9.98. The first-order valence-corrected chi connectivity index (χ1v) is 7.23. The van der Waals surface area contributed by atoms with E-state index in [0.29, 0.717) is 19.3 Å². The van der Waals surface area contributed by atoms with E-state index >= 15 is 0 Å². The predicted octanol–water partition coefficient (Wildman–Crippen LogP) is 2.12. The van der Waals surface area contributed by atoms with Crippen molar-refractivity contribution in [3.8, 4) is 0 Å². The number of esters is 1. The van der Waals surface area contributed by atoms with E-state index < -0.39 is 0 Å². The molecule has 1 saturated carbocycles. The molecule has 1 aliphatic rings. The van der Waals surface area contributed by atoms with Crippen molar-refractivity contribution >= 4 is 5.97 Å². The van der Waals surface area contributed by atoms with Gasteiger partial charge in [-0.25, -0.2) is 0 Å². The maximum absolute atomic E-state index is 11.4. The minimum absolute atomic E-state index is 0.0837. The standard InChI is InChI=1S/C14H27NO3/c1-3-17-14(16)12(2)11-15-9-10-18-13-7-5-4-6-8-13/h12-13,15H,3-11H2,1-2H3. The summed E-state index contributed by atoms with van der Waals surface area (Å²) in [6.07, 6.45) is 6.84. The van der Waals surface area contributed by atoms with Crippen molar-refractivity contribution in [2.45, 2.75) is 52.1 Å². The van der Waals surface area contributed by atoms with Gasteiger partial charge in [-0.05, 0) is 19.8 Å². The van der Waals surface area contributed by atoms with Crippen molar-refractivity contribution in [3.05, 3.63) is 0 Å². The topological polar surface area (TPSA) is 47.6 Å². The summed E-state index contributed by atoms with van der Waals surface area (Å²) in [6.45, 7) is 6.37. The number of hydrogen-bond acceptors (Lipinski definition) is 4. The summed E-state index contributed by atoms with van der Waals surface area (Å²) in [5, 5.41) is 3.24. The number of carbonyl (C=O) groups excluding carboxylic acids is 1. The van der Waals surface area contributed by atoms with Gasteiger partial charge in [0.15, 0.2) is 0 Å². The Bertz CT molecular complexity index is 227. The highest BCUT2D eigenvalue weighted by atomic mass is 16.5. The Hall–Kier alpha value is -0.610. The van der Waals surface area contributed by atoms with Crippen LogP contribution >= 0.6 is 0 Å². The molecule has 0 radical (unpaired) electrons. The average Bonchev–Trinajstić information content (AvgIpc) is 2.39. The summed E-state index contributed by atoms with van der Waals surface area (Å²) in [5.41, 5.74) is 0. The summed E-state index contributed by atoms with van der Waals surface area (Å²) >= 11 is 0. The van der Waals surface area contributed by atoms with Gasteiger partial charge >= 0.3 is 5.97 Å². The maximum atomic E-state index is 11.4. The Kier molecular flexibility index (Phi) is 8.01. The quantitative estimate of drug-likeness (QED) is 0.534. The molecule has 0 aromatic carbocycles. The van der Waals surface area contributed by atoms with Crippen molar-refractivity contribution in [3.63, 3.8) is 0 Å². The minimum atomic E-state index is -0.127. The van der Waals surface area contributed by atoms with E-state index in [1.165, 1.54) is 32.1 Å². The smallest absolute Gasteiger partial charge is 0.309 e. The van der Waals surface area contributed by atoms with Gasteiger partial charge in [0, 0.05) is 13.1 Å². The summed E-state index contributed by atoms with van der Waals surface area (Å²) in [5.74, 6) is -0.210. The molecule has 0 spiro atoms. The van der Waals surface area contributed by atoms with Gasteiger partial charge < -0.3 is 14.8 Å². The van der Waals surface area contributed by atoms with Crippen LogP contribution in [0.2, 0.25) is 0 Å². The highest BCUT2D eigenvalue weighted by Crippen LogP contribution is 2.19. The Morgan fingerprint density at radius 3 is 2.72 bits per heavy atom. The third-order valence-corrected chi connectivity index (χ3v) is 3.32. The highest BCUT2D eigenvalue weighted by molar-refractivity contribution is 5.72. The molecule has 0 aliphatic heterocycles. The van der Waals surface area contributed by atoms with E-state index in [2.05, 4.69) is 5.32 Å². The van der Waals surface area contributed by atoms with Crippen molar-refractivity contribution in [2.24, 2.45) is 5.92 Å². The largest absolute Gasteiger partial charge is 0.466 e. The van der Waals surface area contributed by atoms with Crippen LogP contribution in [0.4, 0.5) is 0 Å². The first kappa shape index (κ1) is 15.4. The van der Waals surface area contributed by atoms with Crippen LogP contribution in [0.15, 0.2) is 0 Å². The Morgan fingerprint density at radius 1 is 1.33 bits per heavy atom. The van der Waals surface area contributed by atoms with Crippen molar-refractivity contribution in [1.29, 1.82) is 0 Å². The van der Waals surface area contributed by atoms with Gasteiger partial charge in [-0.15, -0.1) is 0 Å². The van der Waals surface area contributed by atoms with Gasteiger partial charge in [-0.3, -0.25) is 4.79 Å². The monoisotopic (exact) mass is 257 g/mol. The van der Waals surface area contributed by atoms with E-state index in [4.69, 9.17) is 9.47 Å². The minimum Gasteiger partial charge on any atom is -0.466 e. The SMILES string of the molecule is CCOC(=O)C(C)CNCCOC1CCCCC1. The molecule has 1 fully saturated rings. The van der Waals surface area contributed by atoms with Gasteiger partial charge in [0.1, 0.15) is 0 Å². The second-order valence-corrected chi connectivity index (χ2v) is 4.99. The molecule has 0 saturated heterocycles. The van der Waals surface area contributed by atoms with Crippen molar-refractivity contribution in [1.82, 2.24) is 5.32 Å². The first-order chi connectivity index (χ1) is 8.74. The molecule has 0 bridgehead atoms. The second kappa shape index (κ2) is 9.34. The summed E-state index contributed by atoms with van der Waals surface area (Å²) < 4.78 is 10.7. The van der Waals surface area contributed by atoms with E-state index in [1.54, 1.807) is 0 Å². The molecule has 0 amide bonds. The zero-order chi connectivity index (χ0) is 13.2. The third kappa shape index (κ3) is 6.36. The molecule has 1 atom stereocenters. The number of rotatable bonds is 8. The summed E-state index contributed by atoms with van der Waals surface area (Å²) in [4.78, 5) is 11.4. The molecule has 1 N–H and O–H groups in total. The highest BCUT2D eigenvalue weighted by Gasteiger charge is 2.14. The fraction of sp³-hybridized carbons (Fsp3) is 0.929. The van der Waals surface area contributed by atoms with Crippen LogP contribution in [-0.2, 0) is 14.3 Å². The van der Waals surface area contributed by atoms with Gasteiger partial charge in [0.05, 0.1) is 25.2 Å². The summed E-state index contributed by atoms with van der Waals surface area (Å²) in [7, 11) is 0. The third-order valence-electron chi connectivity index (χ3n) is 3.32. The van der Waals surface area contributed by atoms with Gasteiger partial charge in [0.2, 0.25) is 0 Å². The number of nitrogens with one attached hydrogen (secondary N) is 1. The van der Waals surface area contributed by atoms with Crippen LogP contribution in [0, 0.1) is 5.92 Å². The molecule has 4 heteroatoms. The Morgan fingerprint density at radius 2 is 2.06 bits per heavy atom. The van der Waals surface area contributed by atoms with Crippen LogP contribution < -0.4 is 5.32 Å². The fourth-order valence-corrected chi connectivity index (χ4v) is 2.22. The van der Waals surface area contributed by atoms with E-state index in [1.807, 2.05) is 13.8 Å². The number of ether oxygens (including phenoxy) is 2. The maximum Gasteiger partial charge on any atom is 0.309 e. The Balaban J connectivity index is 1.95. The van der Waals surface area contributed by atoms with E-state index in [9.17, 15) is 4.79 Å². The summed E-state index contributed by atoms with van der Waals surface area (Å²) in [6, 6.07) is 0. The van der Waals surface area contributed by atoms with Crippen molar-refractivity contribution in [2.75, 3.05) is 26.3 Å². The second-order valence-electron chi connectivity index (χ2n) is 4.99. The number of carbonyl (C=O) groups is 1. The molecule has 4 nitrogen and oxygen atoms in total. The van der Waals surface area contributed by atoms with E-state index in [0.717, 1.165) is 13.2 Å².